The Bertz CT molecular complexity index is 1310. The largest absolute Gasteiger partial charge is 0.489 e. The van der Waals surface area contributed by atoms with Crippen LogP contribution < -0.4 is 15.4 Å². The fourth-order valence-electron chi connectivity index (χ4n) is 3.53. The van der Waals surface area contributed by atoms with Crippen molar-refractivity contribution < 1.29 is 18.7 Å². The molecule has 0 aliphatic heterocycles. The molecule has 0 unspecified atom stereocenters. The molecule has 0 atom stereocenters. The third kappa shape index (κ3) is 5.53. The summed E-state index contributed by atoms with van der Waals surface area (Å²) in [5.41, 5.74) is 3.98. The molecule has 2 aromatic carbocycles. The Labute approximate surface area is 197 Å². The molecule has 2 amide bonds. The van der Waals surface area contributed by atoms with E-state index in [2.05, 4.69) is 21.8 Å². The van der Waals surface area contributed by atoms with Gasteiger partial charge in [-0.2, -0.15) is 5.10 Å². The van der Waals surface area contributed by atoms with Crippen molar-refractivity contribution >= 4 is 17.5 Å². The summed E-state index contributed by atoms with van der Waals surface area (Å²) in [7, 11) is 1.68. The second-order valence-electron chi connectivity index (χ2n) is 8.04. The monoisotopic (exact) mass is 458 g/mol. The number of anilines is 1. The number of carbonyl (C=O) groups is 2. The van der Waals surface area contributed by atoms with E-state index in [1.165, 1.54) is 16.5 Å². The molecular formula is C26H26N4O4. The predicted molar refractivity (Wildman–Crippen MR) is 128 cm³/mol. The number of furan rings is 1. The molecule has 2 aromatic heterocycles. The van der Waals surface area contributed by atoms with Crippen LogP contribution in [0.15, 0.2) is 71.5 Å². The number of carbonyl (C=O) groups excluding carboxylic acids is 2. The third-order valence-electron chi connectivity index (χ3n) is 5.21. The number of hydrogen-bond donors (Lipinski definition) is 2. The molecule has 0 radical (unpaired) electrons. The Balaban J connectivity index is 1.42. The van der Waals surface area contributed by atoms with Crippen molar-refractivity contribution in [3.8, 4) is 5.75 Å². The van der Waals surface area contributed by atoms with Gasteiger partial charge in [0.25, 0.3) is 11.8 Å². The fourth-order valence-corrected chi connectivity index (χ4v) is 3.53. The number of aromatic nitrogens is 2. The SMILES string of the molecule is Cc1ccc(OCc2cccc(C(=O)Nc3cn(C)nc3C(=O)NCc3ccco3)c2)c(C)c1. The van der Waals surface area contributed by atoms with Crippen LogP contribution in [0, 0.1) is 13.8 Å². The molecule has 4 aromatic rings. The summed E-state index contributed by atoms with van der Waals surface area (Å²) in [5.74, 6) is 0.667. The highest BCUT2D eigenvalue weighted by molar-refractivity contribution is 6.08. The standard InChI is InChI=1S/C26H26N4O4/c1-17-9-10-23(18(2)12-17)34-16-19-6-4-7-20(13-19)25(31)28-22-15-30(3)29-24(22)26(32)27-14-21-8-5-11-33-21/h4-13,15H,14,16H2,1-3H3,(H,27,32)(H,28,31). The summed E-state index contributed by atoms with van der Waals surface area (Å²) in [5, 5.41) is 9.72. The smallest absolute Gasteiger partial charge is 0.274 e. The summed E-state index contributed by atoms with van der Waals surface area (Å²) in [6, 6.07) is 16.7. The van der Waals surface area contributed by atoms with Gasteiger partial charge in [0.05, 0.1) is 18.5 Å². The average Bonchev–Trinajstić information content (AvgIpc) is 3.46. The Hall–Kier alpha value is -4.33. The van der Waals surface area contributed by atoms with Crippen LogP contribution >= 0.6 is 0 Å². The van der Waals surface area contributed by atoms with Crippen molar-refractivity contribution in [1.82, 2.24) is 15.1 Å². The molecule has 0 saturated heterocycles. The average molecular weight is 459 g/mol. The highest BCUT2D eigenvalue weighted by atomic mass is 16.5. The molecule has 8 heteroatoms. The molecule has 2 N–H and O–H groups in total. The molecule has 0 fully saturated rings. The number of ether oxygens (including phenoxy) is 1. The normalized spacial score (nSPS) is 10.7. The summed E-state index contributed by atoms with van der Waals surface area (Å²) in [6.07, 6.45) is 3.13. The van der Waals surface area contributed by atoms with Crippen LogP contribution in [0.25, 0.3) is 0 Å². The summed E-state index contributed by atoms with van der Waals surface area (Å²) < 4.78 is 12.6. The van der Waals surface area contributed by atoms with E-state index in [-0.39, 0.29) is 18.1 Å². The third-order valence-corrected chi connectivity index (χ3v) is 5.21. The van der Waals surface area contributed by atoms with Gasteiger partial charge in [-0.1, -0.05) is 29.8 Å². The zero-order valence-electron chi connectivity index (χ0n) is 19.3. The lowest BCUT2D eigenvalue weighted by atomic mass is 10.1. The first kappa shape index (κ1) is 22.8. The Morgan fingerprint density at radius 3 is 2.68 bits per heavy atom. The molecule has 0 spiro atoms. The van der Waals surface area contributed by atoms with Crippen LogP contribution in [-0.2, 0) is 20.2 Å². The van der Waals surface area contributed by atoms with Crippen molar-refractivity contribution in [3.63, 3.8) is 0 Å². The van der Waals surface area contributed by atoms with Gasteiger partial charge in [-0.25, -0.2) is 0 Å². The van der Waals surface area contributed by atoms with Crippen LogP contribution in [0.5, 0.6) is 5.75 Å². The van der Waals surface area contributed by atoms with Crippen molar-refractivity contribution in [2.45, 2.75) is 27.0 Å². The van der Waals surface area contributed by atoms with Crippen LogP contribution in [0.1, 0.15) is 43.3 Å². The van der Waals surface area contributed by atoms with Gasteiger partial charge in [0.1, 0.15) is 18.1 Å². The zero-order valence-corrected chi connectivity index (χ0v) is 19.3. The molecule has 0 saturated carbocycles. The lowest BCUT2D eigenvalue weighted by Crippen LogP contribution is -2.25. The van der Waals surface area contributed by atoms with Gasteiger partial charge in [0, 0.05) is 18.8 Å². The molecule has 0 bridgehead atoms. The Kier molecular flexibility index (Phi) is 6.77. The maximum absolute atomic E-state index is 12.9. The van der Waals surface area contributed by atoms with Gasteiger partial charge in [0.2, 0.25) is 0 Å². The molecule has 0 aliphatic rings. The summed E-state index contributed by atoms with van der Waals surface area (Å²) in [4.78, 5) is 25.5. The highest BCUT2D eigenvalue weighted by Crippen LogP contribution is 2.21. The Morgan fingerprint density at radius 1 is 1.06 bits per heavy atom. The van der Waals surface area contributed by atoms with E-state index >= 15 is 0 Å². The number of nitrogens with one attached hydrogen (secondary N) is 2. The minimum absolute atomic E-state index is 0.122. The number of aryl methyl sites for hydroxylation is 3. The van der Waals surface area contributed by atoms with E-state index in [0.29, 0.717) is 23.6 Å². The van der Waals surface area contributed by atoms with Crippen molar-refractivity contribution in [2.75, 3.05) is 5.32 Å². The van der Waals surface area contributed by atoms with Crippen molar-refractivity contribution in [2.24, 2.45) is 7.05 Å². The van der Waals surface area contributed by atoms with Gasteiger partial charge >= 0.3 is 0 Å². The van der Waals surface area contributed by atoms with Crippen LogP contribution in [0.2, 0.25) is 0 Å². The van der Waals surface area contributed by atoms with E-state index in [1.807, 2.05) is 32.0 Å². The van der Waals surface area contributed by atoms with Gasteiger partial charge in [-0.15, -0.1) is 0 Å². The first-order valence-electron chi connectivity index (χ1n) is 10.8. The maximum atomic E-state index is 12.9. The molecule has 34 heavy (non-hydrogen) atoms. The van der Waals surface area contributed by atoms with Gasteiger partial charge in [0.15, 0.2) is 5.69 Å². The predicted octanol–water partition coefficient (Wildman–Crippen LogP) is 4.39. The Morgan fingerprint density at radius 2 is 1.91 bits per heavy atom. The number of rotatable bonds is 8. The highest BCUT2D eigenvalue weighted by Gasteiger charge is 2.19. The first-order chi connectivity index (χ1) is 16.4. The number of hydrogen-bond acceptors (Lipinski definition) is 5. The quantitative estimate of drug-likeness (QED) is 0.408. The van der Waals surface area contributed by atoms with Gasteiger partial charge < -0.3 is 19.8 Å². The minimum atomic E-state index is -0.414. The topological polar surface area (TPSA) is 98.4 Å². The lowest BCUT2D eigenvalue weighted by Gasteiger charge is -2.11. The molecule has 8 nitrogen and oxygen atoms in total. The molecule has 4 rings (SSSR count). The molecule has 2 heterocycles. The zero-order chi connectivity index (χ0) is 24.1. The number of benzene rings is 2. The van der Waals surface area contributed by atoms with E-state index in [1.54, 1.807) is 43.6 Å². The van der Waals surface area contributed by atoms with Crippen molar-refractivity contribution in [3.05, 3.63) is 101 Å². The molecule has 0 aliphatic carbocycles. The molecule has 174 valence electrons. The van der Waals surface area contributed by atoms with Crippen molar-refractivity contribution in [1.29, 1.82) is 0 Å². The van der Waals surface area contributed by atoms with Crippen LogP contribution in [0.4, 0.5) is 5.69 Å². The van der Waals surface area contributed by atoms with Gasteiger partial charge in [-0.05, 0) is 55.3 Å². The fraction of sp³-hybridized carbons (Fsp3) is 0.192. The van der Waals surface area contributed by atoms with Gasteiger partial charge in [-0.3, -0.25) is 14.3 Å². The lowest BCUT2D eigenvalue weighted by molar-refractivity contribution is 0.0943. The second-order valence-corrected chi connectivity index (χ2v) is 8.04. The summed E-state index contributed by atoms with van der Waals surface area (Å²) >= 11 is 0. The summed E-state index contributed by atoms with van der Waals surface area (Å²) in [6.45, 7) is 4.59. The first-order valence-corrected chi connectivity index (χ1v) is 10.8. The number of amides is 2. The minimum Gasteiger partial charge on any atom is -0.489 e. The van der Waals surface area contributed by atoms with E-state index < -0.39 is 5.91 Å². The maximum Gasteiger partial charge on any atom is 0.274 e. The number of nitrogens with zero attached hydrogens (tertiary/aromatic N) is 2. The van der Waals surface area contributed by atoms with Crippen LogP contribution in [0.3, 0.4) is 0 Å². The molecular weight excluding hydrogens is 432 g/mol. The second kappa shape index (κ2) is 10.1. The van der Waals surface area contributed by atoms with Crippen LogP contribution in [-0.4, -0.2) is 21.6 Å². The van der Waals surface area contributed by atoms with E-state index in [4.69, 9.17) is 9.15 Å². The van der Waals surface area contributed by atoms with E-state index in [9.17, 15) is 9.59 Å². The van der Waals surface area contributed by atoms with E-state index in [0.717, 1.165) is 16.9 Å².